The minimum absolute atomic E-state index is 0.142. The van der Waals surface area contributed by atoms with Crippen molar-refractivity contribution in [3.05, 3.63) is 59.7 Å². The lowest BCUT2D eigenvalue weighted by molar-refractivity contribution is -0.279. The molecule has 2 aromatic rings. The molecule has 152 valence electrons. The number of esters is 1. The molecule has 0 aliphatic heterocycles. The van der Waals surface area contributed by atoms with Crippen LogP contribution in [-0.4, -0.2) is 40.4 Å². The van der Waals surface area contributed by atoms with Crippen LogP contribution in [0.15, 0.2) is 48.5 Å². The normalized spacial score (nSPS) is 11.8. The molecule has 0 aliphatic rings. The van der Waals surface area contributed by atoms with E-state index in [2.05, 4.69) is 18.7 Å². The maximum absolute atomic E-state index is 11.3. The summed E-state index contributed by atoms with van der Waals surface area (Å²) in [5, 5.41) is 25.1. The van der Waals surface area contributed by atoms with E-state index in [-0.39, 0.29) is 24.2 Å². The predicted octanol–water partition coefficient (Wildman–Crippen LogP) is 3.07. The Hall–Kier alpha value is -2.74. The molecule has 0 aliphatic carbocycles. The van der Waals surface area contributed by atoms with Crippen LogP contribution < -0.4 is 4.74 Å². The van der Waals surface area contributed by atoms with E-state index in [4.69, 9.17) is 15.1 Å². The van der Waals surface area contributed by atoms with Crippen LogP contribution in [0.4, 0.5) is 0 Å². The van der Waals surface area contributed by atoms with Gasteiger partial charge in [0.1, 0.15) is 30.3 Å². The second kappa shape index (κ2) is 11.2. The van der Waals surface area contributed by atoms with Crippen molar-refractivity contribution in [1.82, 2.24) is 0 Å². The number of phenolic OH excluding ortho intramolecular Hbond substituents is 1. The third-order valence-electron chi connectivity index (χ3n) is 4.08. The summed E-state index contributed by atoms with van der Waals surface area (Å²) in [5.41, 5.74) is 1.86. The summed E-state index contributed by atoms with van der Waals surface area (Å²) in [6.45, 7) is 5.57. The van der Waals surface area contributed by atoms with Gasteiger partial charge < -0.3 is 19.7 Å². The Morgan fingerprint density at radius 2 is 1.57 bits per heavy atom. The Bertz CT molecular complexity index is 732. The first-order valence-corrected chi connectivity index (χ1v) is 8.70. The number of carbonyl (C=O) groups is 2. The summed E-state index contributed by atoms with van der Waals surface area (Å²) >= 11 is 0. The van der Waals surface area contributed by atoms with E-state index in [0.29, 0.717) is 12.0 Å². The van der Waals surface area contributed by atoms with Gasteiger partial charge in [0.05, 0.1) is 6.61 Å². The number of aromatic hydroxyl groups is 1. The molecule has 28 heavy (non-hydrogen) atoms. The Morgan fingerprint density at radius 1 is 1.07 bits per heavy atom. The number of aldehydes is 1. The van der Waals surface area contributed by atoms with Crippen LogP contribution in [0.1, 0.15) is 38.3 Å². The van der Waals surface area contributed by atoms with Gasteiger partial charge in [-0.05, 0) is 42.3 Å². The molecule has 1 atom stereocenters. The van der Waals surface area contributed by atoms with E-state index in [1.165, 1.54) is 0 Å². The third-order valence-corrected chi connectivity index (χ3v) is 4.08. The fourth-order valence-electron chi connectivity index (χ4n) is 2.26. The standard InChI is InChI=1S/C18H18O4.C3H8O3/c1-18(2,13-3-7-15(20)8-4-13)14-5-9-16(10-6-14)22-17(21)11-12-19;1-3(2-4)6-5/h3-10,12,20H,11H2,1-2H3;3-5H,2H2,1H3. The van der Waals surface area contributed by atoms with Crippen LogP contribution in [0.25, 0.3) is 0 Å². The van der Waals surface area contributed by atoms with Crippen molar-refractivity contribution in [2.75, 3.05) is 6.61 Å². The molecule has 0 spiro atoms. The molecular formula is C21H26O7. The summed E-state index contributed by atoms with van der Waals surface area (Å²) in [4.78, 5) is 25.2. The molecule has 7 nitrogen and oxygen atoms in total. The second-order valence-electron chi connectivity index (χ2n) is 6.64. The van der Waals surface area contributed by atoms with Gasteiger partial charge in [-0.2, -0.15) is 0 Å². The number of carbonyl (C=O) groups excluding carboxylic acids is 2. The minimum atomic E-state index is -0.569. The first-order chi connectivity index (χ1) is 13.2. The van der Waals surface area contributed by atoms with Crippen LogP contribution in [0.5, 0.6) is 11.5 Å². The van der Waals surface area contributed by atoms with Crippen molar-refractivity contribution in [3.63, 3.8) is 0 Å². The molecule has 0 radical (unpaired) electrons. The highest BCUT2D eigenvalue weighted by Gasteiger charge is 2.23. The quantitative estimate of drug-likeness (QED) is 0.166. The molecule has 1 unspecified atom stereocenters. The number of benzene rings is 2. The Kier molecular flexibility index (Phi) is 9.31. The summed E-state index contributed by atoms with van der Waals surface area (Å²) < 4.78 is 5.04. The zero-order chi connectivity index (χ0) is 21.2. The number of hydrogen-bond acceptors (Lipinski definition) is 7. The number of hydrogen-bond donors (Lipinski definition) is 3. The minimum Gasteiger partial charge on any atom is -0.508 e. The summed E-state index contributed by atoms with van der Waals surface area (Å²) in [5.74, 6) is 0.0784. The molecule has 0 heterocycles. The Morgan fingerprint density at radius 3 is 1.96 bits per heavy atom. The van der Waals surface area contributed by atoms with Gasteiger partial charge in [-0.25, -0.2) is 4.89 Å². The maximum Gasteiger partial charge on any atom is 0.318 e. The monoisotopic (exact) mass is 390 g/mol. The fraction of sp³-hybridized carbons (Fsp3) is 0.333. The number of rotatable bonds is 7. The number of ether oxygens (including phenoxy) is 1. The van der Waals surface area contributed by atoms with Gasteiger partial charge >= 0.3 is 5.97 Å². The van der Waals surface area contributed by atoms with E-state index in [1.807, 2.05) is 24.3 Å². The largest absolute Gasteiger partial charge is 0.508 e. The van der Waals surface area contributed by atoms with Crippen LogP contribution in [0, 0.1) is 0 Å². The molecule has 0 saturated carbocycles. The van der Waals surface area contributed by atoms with Crippen LogP contribution in [0.2, 0.25) is 0 Å². The van der Waals surface area contributed by atoms with Gasteiger partial charge in [0, 0.05) is 5.41 Å². The summed E-state index contributed by atoms with van der Waals surface area (Å²) in [6.07, 6.45) is -0.184. The molecule has 0 amide bonds. The Balaban J connectivity index is 0.000000568. The molecule has 3 N–H and O–H groups in total. The average Bonchev–Trinajstić information content (AvgIpc) is 2.68. The Labute approximate surface area is 164 Å². The van der Waals surface area contributed by atoms with E-state index in [1.54, 1.807) is 31.2 Å². The molecule has 7 heteroatoms. The van der Waals surface area contributed by atoms with Crippen molar-refractivity contribution < 1.29 is 34.7 Å². The molecular weight excluding hydrogens is 364 g/mol. The molecule has 0 fully saturated rings. The molecule has 0 bridgehead atoms. The highest BCUT2D eigenvalue weighted by atomic mass is 17.1. The zero-order valence-electron chi connectivity index (χ0n) is 16.2. The first kappa shape index (κ1) is 23.3. The number of phenols is 1. The predicted molar refractivity (Wildman–Crippen MR) is 103 cm³/mol. The van der Waals surface area contributed by atoms with Crippen LogP contribution in [0.3, 0.4) is 0 Å². The smallest absolute Gasteiger partial charge is 0.318 e. The average molecular weight is 390 g/mol. The van der Waals surface area contributed by atoms with Crippen molar-refractivity contribution in [2.45, 2.75) is 38.7 Å². The van der Waals surface area contributed by atoms with Gasteiger partial charge in [0.15, 0.2) is 0 Å². The van der Waals surface area contributed by atoms with E-state index < -0.39 is 12.1 Å². The first-order valence-electron chi connectivity index (χ1n) is 8.70. The van der Waals surface area contributed by atoms with Gasteiger partial charge in [-0.1, -0.05) is 38.1 Å². The number of aliphatic hydroxyl groups is 1. The summed E-state index contributed by atoms with van der Waals surface area (Å²) in [6, 6.07) is 14.3. The molecule has 2 rings (SSSR count). The molecule has 0 aromatic heterocycles. The summed E-state index contributed by atoms with van der Waals surface area (Å²) in [7, 11) is 0. The highest BCUT2D eigenvalue weighted by Crippen LogP contribution is 2.33. The SMILES string of the molecule is CC(C)(c1ccc(O)cc1)c1ccc(OC(=O)CC=O)cc1.CC(CO)OO. The lowest BCUT2D eigenvalue weighted by Crippen LogP contribution is -2.18. The van der Waals surface area contributed by atoms with Crippen molar-refractivity contribution >= 4 is 12.3 Å². The van der Waals surface area contributed by atoms with E-state index >= 15 is 0 Å². The van der Waals surface area contributed by atoms with E-state index in [9.17, 15) is 14.7 Å². The van der Waals surface area contributed by atoms with Gasteiger partial charge in [0.2, 0.25) is 0 Å². The van der Waals surface area contributed by atoms with E-state index in [0.717, 1.165) is 11.1 Å². The zero-order valence-corrected chi connectivity index (χ0v) is 16.2. The third kappa shape index (κ3) is 7.11. The lowest BCUT2D eigenvalue weighted by Gasteiger charge is -2.26. The fourth-order valence-corrected chi connectivity index (χ4v) is 2.26. The molecule has 0 saturated heterocycles. The van der Waals surface area contributed by atoms with Gasteiger partial charge in [-0.15, -0.1) is 0 Å². The second-order valence-corrected chi connectivity index (χ2v) is 6.64. The van der Waals surface area contributed by atoms with Crippen LogP contribution >= 0.6 is 0 Å². The lowest BCUT2D eigenvalue weighted by atomic mass is 9.78. The van der Waals surface area contributed by atoms with Gasteiger partial charge in [-0.3, -0.25) is 10.1 Å². The molecule has 2 aromatic carbocycles. The van der Waals surface area contributed by atoms with Crippen LogP contribution in [-0.2, 0) is 19.9 Å². The highest BCUT2D eigenvalue weighted by molar-refractivity contribution is 5.85. The van der Waals surface area contributed by atoms with Crippen molar-refractivity contribution in [1.29, 1.82) is 0 Å². The topological polar surface area (TPSA) is 113 Å². The van der Waals surface area contributed by atoms with Gasteiger partial charge in [0.25, 0.3) is 0 Å². The van der Waals surface area contributed by atoms with Crippen molar-refractivity contribution in [2.24, 2.45) is 0 Å². The van der Waals surface area contributed by atoms with Crippen molar-refractivity contribution in [3.8, 4) is 11.5 Å². The number of aliphatic hydroxyl groups excluding tert-OH is 1. The maximum atomic E-state index is 11.3.